The molecule has 2 amide bonds. The maximum absolute atomic E-state index is 12.4. The van der Waals surface area contributed by atoms with Crippen LogP contribution in [0.1, 0.15) is 12.8 Å². The Morgan fingerprint density at radius 2 is 1.69 bits per heavy atom. The minimum atomic E-state index is -0.906. The second-order valence-electron chi connectivity index (χ2n) is 6.39. The molecule has 29 heavy (non-hydrogen) atoms. The van der Waals surface area contributed by atoms with Gasteiger partial charge in [0.15, 0.2) is 0 Å². The third-order valence-electron chi connectivity index (χ3n) is 3.69. The summed E-state index contributed by atoms with van der Waals surface area (Å²) in [6.45, 7) is 0.936. The molecule has 0 aliphatic carbocycles. The van der Waals surface area contributed by atoms with Gasteiger partial charge >= 0.3 is 18.0 Å². The Hall–Kier alpha value is -2.49. The van der Waals surface area contributed by atoms with Gasteiger partial charge in [0, 0.05) is 39.9 Å². The zero-order chi connectivity index (χ0) is 21.4. The number of nitrogens with zero attached hydrogens (tertiary/aromatic N) is 2. The van der Waals surface area contributed by atoms with Crippen molar-refractivity contribution < 1.29 is 28.8 Å². The van der Waals surface area contributed by atoms with Crippen LogP contribution < -0.4 is 10.1 Å². The van der Waals surface area contributed by atoms with Gasteiger partial charge in [0.05, 0.1) is 6.61 Å². The number of nitrogens with one attached hydrogen (secondary N) is 1. The molecule has 2 rings (SSSR count). The fraction of sp³-hybridized carbons (Fsp3) is 0.389. The van der Waals surface area contributed by atoms with Crippen LogP contribution >= 0.6 is 23.2 Å². The molecule has 158 valence electrons. The van der Waals surface area contributed by atoms with Crippen LogP contribution in [0.2, 0.25) is 10.0 Å². The highest BCUT2D eigenvalue weighted by atomic mass is 35.5. The Morgan fingerprint density at radius 1 is 1.10 bits per heavy atom. The second kappa shape index (κ2) is 10.9. The number of amides is 2. The van der Waals surface area contributed by atoms with E-state index in [0.717, 1.165) is 12.2 Å². The molecule has 1 aliphatic rings. The lowest BCUT2D eigenvalue weighted by Gasteiger charge is -2.23. The van der Waals surface area contributed by atoms with Crippen LogP contribution in [0.3, 0.4) is 0 Å². The standard InChI is InChI=1S/C18H21Cl2N3O6/c1-22(2)7-5-14(6-8-27-15-10-12(19)9-13(20)11-15)21-18(26)23-28-16(24)3-4-17(25)29-23/h3-4,9-11,14H,5-8H2,1-2H3,(H,21,26). The summed E-state index contributed by atoms with van der Waals surface area (Å²) in [5.41, 5.74) is 0. The number of carbonyl (C=O) groups excluding carboxylic acids is 3. The average Bonchev–Trinajstić information content (AvgIpc) is 2.79. The smallest absolute Gasteiger partial charge is 0.389 e. The number of rotatable bonds is 8. The molecule has 1 N–H and O–H groups in total. The molecule has 1 heterocycles. The maximum atomic E-state index is 12.4. The van der Waals surface area contributed by atoms with Crippen LogP contribution in [0.15, 0.2) is 30.4 Å². The van der Waals surface area contributed by atoms with Gasteiger partial charge in [0.25, 0.3) is 0 Å². The van der Waals surface area contributed by atoms with Gasteiger partial charge in [-0.3, -0.25) is 9.68 Å². The minimum absolute atomic E-state index is 0.227. The first-order valence-corrected chi connectivity index (χ1v) is 9.44. The van der Waals surface area contributed by atoms with E-state index in [-0.39, 0.29) is 17.9 Å². The van der Waals surface area contributed by atoms with E-state index < -0.39 is 18.0 Å². The molecule has 0 aromatic heterocycles. The van der Waals surface area contributed by atoms with Gasteiger partial charge in [-0.2, -0.15) is 0 Å². The van der Waals surface area contributed by atoms with E-state index in [9.17, 15) is 14.4 Å². The summed E-state index contributed by atoms with van der Waals surface area (Å²) in [6.07, 6.45) is 2.73. The lowest BCUT2D eigenvalue weighted by atomic mass is 10.1. The van der Waals surface area contributed by atoms with Crippen molar-refractivity contribution in [1.82, 2.24) is 15.4 Å². The van der Waals surface area contributed by atoms with Gasteiger partial charge in [-0.15, -0.1) is 0 Å². The Bertz CT molecular complexity index is 747. The number of urea groups is 1. The highest BCUT2D eigenvalue weighted by Gasteiger charge is 2.27. The molecule has 1 unspecified atom stereocenters. The van der Waals surface area contributed by atoms with E-state index in [2.05, 4.69) is 15.0 Å². The molecular weight excluding hydrogens is 425 g/mol. The van der Waals surface area contributed by atoms with Crippen LogP contribution in [-0.2, 0) is 19.3 Å². The maximum Gasteiger partial charge on any atom is 0.389 e. The van der Waals surface area contributed by atoms with Gasteiger partial charge in [-0.25, -0.2) is 14.4 Å². The summed E-state index contributed by atoms with van der Waals surface area (Å²) >= 11 is 11.9. The summed E-state index contributed by atoms with van der Waals surface area (Å²) in [5, 5.41) is 3.79. The Morgan fingerprint density at radius 3 is 2.24 bits per heavy atom. The number of benzene rings is 1. The molecule has 1 aromatic carbocycles. The van der Waals surface area contributed by atoms with Crippen molar-refractivity contribution in [3.05, 3.63) is 40.4 Å². The van der Waals surface area contributed by atoms with Crippen molar-refractivity contribution in [2.45, 2.75) is 18.9 Å². The molecule has 0 bridgehead atoms. The average molecular weight is 446 g/mol. The molecule has 1 aliphatic heterocycles. The van der Waals surface area contributed by atoms with E-state index in [1.54, 1.807) is 18.2 Å². The number of hydrogen-bond donors (Lipinski definition) is 1. The quantitative estimate of drug-likeness (QED) is 0.656. The molecule has 11 heteroatoms. The molecule has 9 nitrogen and oxygen atoms in total. The van der Waals surface area contributed by atoms with Crippen LogP contribution in [0, 0.1) is 0 Å². The van der Waals surface area contributed by atoms with Gasteiger partial charge in [-0.05, 0) is 45.3 Å². The Kier molecular flexibility index (Phi) is 8.56. The van der Waals surface area contributed by atoms with E-state index >= 15 is 0 Å². The molecule has 0 fully saturated rings. The van der Waals surface area contributed by atoms with Crippen molar-refractivity contribution in [3.8, 4) is 5.75 Å². The SMILES string of the molecule is CN(C)CCC(CCOc1cc(Cl)cc(Cl)c1)NC(=O)N1OC(=O)C=CC(=O)O1. The van der Waals surface area contributed by atoms with Crippen molar-refractivity contribution in [2.75, 3.05) is 27.2 Å². The van der Waals surface area contributed by atoms with Crippen LogP contribution in [0.25, 0.3) is 0 Å². The molecular formula is C18H21Cl2N3O6. The fourth-order valence-corrected chi connectivity index (χ4v) is 2.83. The Balaban J connectivity index is 1.94. The zero-order valence-corrected chi connectivity index (χ0v) is 17.4. The summed E-state index contributed by atoms with van der Waals surface area (Å²) in [6, 6.07) is 3.61. The normalized spacial score (nSPS) is 14.9. The first-order valence-electron chi connectivity index (χ1n) is 8.69. The van der Waals surface area contributed by atoms with Crippen molar-refractivity contribution in [3.63, 3.8) is 0 Å². The molecule has 0 saturated carbocycles. The van der Waals surface area contributed by atoms with Crippen molar-refractivity contribution in [1.29, 1.82) is 0 Å². The fourth-order valence-electron chi connectivity index (χ4n) is 2.32. The highest BCUT2D eigenvalue weighted by molar-refractivity contribution is 6.34. The van der Waals surface area contributed by atoms with Crippen molar-refractivity contribution >= 4 is 41.2 Å². The molecule has 1 atom stereocenters. The predicted molar refractivity (Wildman–Crippen MR) is 105 cm³/mol. The largest absolute Gasteiger partial charge is 0.493 e. The first kappa shape index (κ1) is 22.8. The summed E-state index contributed by atoms with van der Waals surface area (Å²) < 4.78 is 5.66. The van der Waals surface area contributed by atoms with E-state index in [1.807, 2.05) is 19.0 Å². The van der Waals surface area contributed by atoms with Crippen LogP contribution in [0.5, 0.6) is 5.75 Å². The number of ether oxygens (including phenoxy) is 1. The van der Waals surface area contributed by atoms with E-state index in [4.69, 9.17) is 27.9 Å². The van der Waals surface area contributed by atoms with E-state index in [1.165, 1.54) is 0 Å². The Labute approximate surface area is 178 Å². The lowest BCUT2D eigenvalue weighted by Crippen LogP contribution is -2.46. The number of hydrogen-bond acceptors (Lipinski definition) is 7. The minimum Gasteiger partial charge on any atom is -0.493 e. The molecule has 0 saturated heterocycles. The zero-order valence-electron chi connectivity index (χ0n) is 15.9. The predicted octanol–water partition coefficient (Wildman–Crippen LogP) is 2.58. The topological polar surface area (TPSA) is 97.4 Å². The molecule has 1 aromatic rings. The number of hydroxylamine groups is 2. The molecule has 0 spiro atoms. The summed E-state index contributed by atoms with van der Waals surface area (Å²) in [5.74, 6) is -1.31. The van der Waals surface area contributed by atoms with Crippen LogP contribution in [-0.4, -0.2) is 61.4 Å². The van der Waals surface area contributed by atoms with E-state index in [0.29, 0.717) is 35.2 Å². The highest BCUT2D eigenvalue weighted by Crippen LogP contribution is 2.24. The van der Waals surface area contributed by atoms with Gasteiger partial charge in [0.1, 0.15) is 5.75 Å². The lowest BCUT2D eigenvalue weighted by molar-refractivity contribution is -0.282. The third-order valence-corrected chi connectivity index (χ3v) is 4.13. The third kappa shape index (κ3) is 8.18. The van der Waals surface area contributed by atoms with Gasteiger partial charge in [0.2, 0.25) is 0 Å². The van der Waals surface area contributed by atoms with Gasteiger partial charge < -0.3 is 15.0 Å². The number of halogens is 2. The summed E-state index contributed by atoms with van der Waals surface area (Å²) in [4.78, 5) is 46.5. The second-order valence-corrected chi connectivity index (χ2v) is 7.26. The summed E-state index contributed by atoms with van der Waals surface area (Å²) in [7, 11) is 3.79. The number of carbonyl (C=O) groups is 3. The van der Waals surface area contributed by atoms with Crippen LogP contribution in [0.4, 0.5) is 4.79 Å². The first-order chi connectivity index (χ1) is 13.7. The van der Waals surface area contributed by atoms with Crippen molar-refractivity contribution in [2.24, 2.45) is 0 Å². The monoisotopic (exact) mass is 445 g/mol. The molecule has 0 radical (unpaired) electrons. The van der Waals surface area contributed by atoms with Gasteiger partial charge in [-0.1, -0.05) is 23.2 Å².